The van der Waals surface area contributed by atoms with Gasteiger partial charge in [-0.05, 0) is 52.1 Å². The number of rotatable bonds is 9. The molecule has 0 saturated carbocycles. The Morgan fingerprint density at radius 2 is 1.74 bits per heavy atom. The maximum Gasteiger partial charge on any atom is 0.408 e. The minimum Gasteiger partial charge on any atom is -0.479 e. The minimum absolute atomic E-state index is 0.0561. The SMILES string of the molecule is CC(C)(C)OC(=O)[C@@](CCCCN)(NC(=O)OCc1ccccc1)C(=O)O. The van der Waals surface area contributed by atoms with Crippen LogP contribution >= 0.6 is 0 Å². The Bertz CT molecular complexity index is 641. The molecule has 0 heterocycles. The standard InChI is InChI=1S/C19H28N2O6/c1-18(2,3)27-16(24)19(15(22)23,11-7-8-12-20)21-17(25)26-13-14-9-5-4-6-10-14/h4-6,9-10H,7-8,11-13,20H2,1-3H3,(H,21,25)(H,22,23)/t19-/m0/s1. The number of benzene rings is 1. The molecule has 1 aromatic rings. The maximum atomic E-state index is 12.6. The van der Waals surface area contributed by atoms with Crippen molar-refractivity contribution >= 4 is 18.0 Å². The van der Waals surface area contributed by atoms with E-state index in [2.05, 4.69) is 5.32 Å². The first-order chi connectivity index (χ1) is 12.6. The zero-order valence-corrected chi connectivity index (χ0v) is 16.0. The summed E-state index contributed by atoms with van der Waals surface area (Å²) in [6, 6.07) is 8.90. The number of aliphatic carboxylic acids is 1. The van der Waals surface area contributed by atoms with Crippen molar-refractivity contribution in [1.29, 1.82) is 0 Å². The topological polar surface area (TPSA) is 128 Å². The second-order valence-corrected chi connectivity index (χ2v) is 7.14. The monoisotopic (exact) mass is 380 g/mol. The van der Waals surface area contributed by atoms with Gasteiger partial charge >= 0.3 is 18.0 Å². The van der Waals surface area contributed by atoms with Crippen molar-refractivity contribution in [2.24, 2.45) is 5.73 Å². The van der Waals surface area contributed by atoms with E-state index >= 15 is 0 Å². The van der Waals surface area contributed by atoms with Crippen molar-refractivity contribution in [3.63, 3.8) is 0 Å². The summed E-state index contributed by atoms with van der Waals surface area (Å²) in [5.74, 6) is -2.55. The lowest BCUT2D eigenvalue weighted by molar-refractivity contribution is -0.171. The van der Waals surface area contributed by atoms with Gasteiger partial charge in [0.2, 0.25) is 5.54 Å². The highest BCUT2D eigenvalue weighted by atomic mass is 16.6. The van der Waals surface area contributed by atoms with Gasteiger partial charge in [0.25, 0.3) is 0 Å². The first-order valence-electron chi connectivity index (χ1n) is 8.76. The molecule has 0 saturated heterocycles. The van der Waals surface area contributed by atoms with Crippen molar-refractivity contribution in [3.05, 3.63) is 35.9 Å². The lowest BCUT2D eigenvalue weighted by atomic mass is 9.92. The third-order valence-electron chi connectivity index (χ3n) is 3.65. The highest BCUT2D eigenvalue weighted by Gasteiger charge is 2.50. The molecule has 0 aliphatic carbocycles. The van der Waals surface area contributed by atoms with Crippen LogP contribution in [-0.2, 0) is 25.7 Å². The van der Waals surface area contributed by atoms with E-state index in [1.165, 1.54) is 0 Å². The van der Waals surface area contributed by atoms with Crippen LogP contribution in [0.4, 0.5) is 4.79 Å². The number of ether oxygens (including phenoxy) is 2. The average Bonchev–Trinajstić information content (AvgIpc) is 2.58. The number of hydrogen-bond donors (Lipinski definition) is 3. The summed E-state index contributed by atoms with van der Waals surface area (Å²) in [4.78, 5) is 36.8. The molecule has 4 N–H and O–H groups in total. The summed E-state index contributed by atoms with van der Waals surface area (Å²) >= 11 is 0. The van der Waals surface area contributed by atoms with Crippen molar-refractivity contribution < 1.29 is 29.0 Å². The van der Waals surface area contributed by atoms with E-state index < -0.39 is 29.2 Å². The van der Waals surface area contributed by atoms with Gasteiger partial charge in [0.15, 0.2) is 0 Å². The molecule has 0 unspecified atom stereocenters. The number of carbonyl (C=O) groups excluding carboxylic acids is 2. The summed E-state index contributed by atoms with van der Waals surface area (Å²) in [6.45, 7) is 5.13. The van der Waals surface area contributed by atoms with E-state index in [0.29, 0.717) is 19.4 Å². The molecule has 1 rings (SSSR count). The maximum absolute atomic E-state index is 12.6. The van der Waals surface area contributed by atoms with Crippen molar-refractivity contribution in [1.82, 2.24) is 5.32 Å². The number of amides is 1. The lowest BCUT2D eigenvalue weighted by Gasteiger charge is -2.31. The molecule has 8 nitrogen and oxygen atoms in total. The Hall–Kier alpha value is -2.61. The quantitative estimate of drug-likeness (QED) is 0.340. The van der Waals surface area contributed by atoms with Gasteiger partial charge in [-0.15, -0.1) is 0 Å². The van der Waals surface area contributed by atoms with E-state index in [4.69, 9.17) is 15.2 Å². The normalized spacial score (nSPS) is 13.3. The molecule has 0 aromatic heterocycles. The second kappa shape index (κ2) is 9.91. The van der Waals surface area contributed by atoms with Gasteiger partial charge in [0, 0.05) is 0 Å². The van der Waals surface area contributed by atoms with E-state index in [1.807, 2.05) is 6.07 Å². The number of carboxylic acid groups (broad SMARTS) is 1. The lowest BCUT2D eigenvalue weighted by Crippen LogP contribution is -2.61. The van der Waals surface area contributed by atoms with Crippen LogP contribution in [0.3, 0.4) is 0 Å². The second-order valence-electron chi connectivity index (χ2n) is 7.14. The third-order valence-corrected chi connectivity index (χ3v) is 3.65. The Balaban J connectivity index is 2.94. The Morgan fingerprint density at radius 1 is 1.11 bits per heavy atom. The predicted molar refractivity (Wildman–Crippen MR) is 98.9 cm³/mol. The number of carbonyl (C=O) groups is 3. The fraction of sp³-hybridized carbons (Fsp3) is 0.526. The van der Waals surface area contributed by atoms with Crippen molar-refractivity contribution in [3.8, 4) is 0 Å². The zero-order chi connectivity index (χ0) is 20.5. The molecule has 27 heavy (non-hydrogen) atoms. The molecule has 0 aliphatic rings. The molecular formula is C19H28N2O6. The summed E-state index contributed by atoms with van der Waals surface area (Å²) in [6.07, 6.45) is -0.353. The fourth-order valence-corrected chi connectivity index (χ4v) is 2.30. The van der Waals surface area contributed by atoms with Gasteiger partial charge in [-0.2, -0.15) is 0 Å². The Kier molecular flexibility index (Phi) is 8.24. The summed E-state index contributed by atoms with van der Waals surface area (Å²) in [7, 11) is 0. The molecule has 0 bridgehead atoms. The molecule has 0 aliphatic heterocycles. The van der Waals surface area contributed by atoms with Crippen LogP contribution in [0.15, 0.2) is 30.3 Å². The summed E-state index contributed by atoms with van der Waals surface area (Å²) < 4.78 is 10.3. The van der Waals surface area contributed by atoms with Crippen LogP contribution in [0, 0.1) is 0 Å². The summed E-state index contributed by atoms with van der Waals surface area (Å²) in [5.41, 5.74) is 3.02. The van der Waals surface area contributed by atoms with Gasteiger partial charge in [-0.1, -0.05) is 30.3 Å². The number of nitrogens with two attached hydrogens (primary N) is 1. The molecule has 8 heteroatoms. The highest BCUT2D eigenvalue weighted by molar-refractivity contribution is 6.06. The molecule has 0 spiro atoms. The minimum atomic E-state index is -2.24. The van der Waals surface area contributed by atoms with E-state index in [9.17, 15) is 19.5 Å². The van der Waals surface area contributed by atoms with Crippen molar-refractivity contribution in [2.45, 2.75) is 57.8 Å². The number of alkyl carbamates (subject to hydrolysis) is 1. The van der Waals surface area contributed by atoms with Crippen LogP contribution in [0.25, 0.3) is 0 Å². The van der Waals surface area contributed by atoms with Gasteiger partial charge in [-0.25, -0.2) is 14.4 Å². The molecule has 0 fully saturated rings. The molecule has 1 atom stereocenters. The van der Waals surface area contributed by atoms with Crippen LogP contribution in [-0.4, -0.2) is 40.8 Å². The average molecular weight is 380 g/mol. The fourth-order valence-electron chi connectivity index (χ4n) is 2.30. The molecule has 1 aromatic carbocycles. The van der Waals surface area contributed by atoms with Gasteiger partial charge in [-0.3, -0.25) is 5.32 Å². The van der Waals surface area contributed by atoms with Gasteiger partial charge < -0.3 is 20.3 Å². The van der Waals surface area contributed by atoms with E-state index in [0.717, 1.165) is 5.56 Å². The summed E-state index contributed by atoms with van der Waals surface area (Å²) in [5, 5.41) is 11.9. The van der Waals surface area contributed by atoms with Crippen LogP contribution in [0.1, 0.15) is 45.6 Å². The Labute approximate surface area is 159 Å². The van der Waals surface area contributed by atoms with Crippen LogP contribution in [0.2, 0.25) is 0 Å². The molecular weight excluding hydrogens is 352 g/mol. The predicted octanol–water partition coefficient (Wildman–Crippen LogP) is 2.21. The number of esters is 1. The third kappa shape index (κ3) is 7.26. The number of unbranched alkanes of at least 4 members (excludes halogenated alkanes) is 1. The van der Waals surface area contributed by atoms with Crippen LogP contribution < -0.4 is 11.1 Å². The van der Waals surface area contributed by atoms with Crippen molar-refractivity contribution in [2.75, 3.05) is 6.54 Å². The number of carboxylic acids is 1. The largest absolute Gasteiger partial charge is 0.479 e. The first-order valence-corrected chi connectivity index (χ1v) is 8.76. The van der Waals surface area contributed by atoms with E-state index in [1.54, 1.807) is 45.0 Å². The Morgan fingerprint density at radius 3 is 2.26 bits per heavy atom. The number of nitrogens with one attached hydrogen (secondary N) is 1. The van der Waals surface area contributed by atoms with E-state index in [-0.39, 0.29) is 13.0 Å². The van der Waals surface area contributed by atoms with Gasteiger partial charge in [0.05, 0.1) is 0 Å². The van der Waals surface area contributed by atoms with Gasteiger partial charge in [0.1, 0.15) is 12.2 Å². The highest BCUT2D eigenvalue weighted by Crippen LogP contribution is 2.21. The smallest absolute Gasteiger partial charge is 0.408 e. The molecule has 0 radical (unpaired) electrons. The molecule has 150 valence electrons. The first kappa shape index (κ1) is 22.4. The molecule has 1 amide bonds. The number of hydrogen-bond acceptors (Lipinski definition) is 6. The van der Waals surface area contributed by atoms with Crippen LogP contribution in [0.5, 0.6) is 0 Å². The zero-order valence-electron chi connectivity index (χ0n) is 16.0.